The van der Waals surface area contributed by atoms with Gasteiger partial charge in [0, 0.05) is 50.6 Å². The number of hydrogen-bond donors (Lipinski definition) is 0. The second-order valence-electron chi connectivity index (χ2n) is 23.9. The minimum Gasteiger partial charge on any atom is -0.310 e. The van der Waals surface area contributed by atoms with Crippen molar-refractivity contribution in [3.05, 3.63) is 295 Å². The maximum Gasteiger partial charge on any atom is 0.166 e. The number of aromatic nitrogens is 3. The summed E-state index contributed by atoms with van der Waals surface area (Å²) in [4.78, 5) is 18.6. The summed E-state index contributed by atoms with van der Waals surface area (Å²) in [5, 5.41) is 0. The van der Waals surface area contributed by atoms with Gasteiger partial charge in [0.2, 0.25) is 0 Å². The number of benzene rings is 11. The quantitative estimate of drug-likeness (QED) is 0.115. The van der Waals surface area contributed by atoms with Crippen LogP contribution in [0.2, 0.25) is 0 Å². The van der Waals surface area contributed by atoms with Crippen molar-refractivity contribution in [2.45, 2.75) is 78.6 Å². The molecule has 0 bridgehead atoms. The van der Waals surface area contributed by atoms with E-state index in [9.17, 15) is 11.0 Å². The van der Waals surface area contributed by atoms with Crippen LogP contribution in [-0.2, 0) is 16.2 Å². The molecule has 5 heteroatoms. The first-order valence-electron chi connectivity index (χ1n) is 38.3. The van der Waals surface area contributed by atoms with E-state index in [4.69, 9.17) is 26.4 Å². The Morgan fingerprint density at radius 3 is 1.09 bits per heavy atom. The van der Waals surface area contributed by atoms with Crippen molar-refractivity contribution in [2.24, 2.45) is 0 Å². The van der Waals surface area contributed by atoms with Crippen molar-refractivity contribution in [3.63, 3.8) is 0 Å². The largest absolute Gasteiger partial charge is 0.310 e. The summed E-state index contributed by atoms with van der Waals surface area (Å²) >= 11 is 0. The van der Waals surface area contributed by atoms with Gasteiger partial charge < -0.3 is 9.80 Å². The molecule has 0 amide bonds. The van der Waals surface area contributed by atoms with Crippen LogP contribution in [0.4, 0.5) is 34.1 Å². The van der Waals surface area contributed by atoms with Gasteiger partial charge in [0.05, 0.1) is 38.8 Å². The summed E-state index contributed by atoms with van der Waals surface area (Å²) in [6.45, 7) is 18.5. The summed E-state index contributed by atoms with van der Waals surface area (Å²) in [5.41, 5.74) is 5.96. The normalized spacial score (nSPS) is 15.0. The van der Waals surface area contributed by atoms with Crippen molar-refractivity contribution in [2.75, 3.05) is 9.80 Å². The number of hydrogen-bond acceptors (Lipinski definition) is 5. The van der Waals surface area contributed by atoms with E-state index in [1.165, 1.54) is 0 Å². The number of nitrogens with zero attached hydrogens (tertiary/aromatic N) is 5. The Morgan fingerprint density at radius 1 is 0.279 bits per heavy atom. The smallest absolute Gasteiger partial charge is 0.166 e. The Kier molecular flexibility index (Phi) is 10.2. The van der Waals surface area contributed by atoms with E-state index in [1.807, 2.05) is 137 Å². The summed E-state index contributed by atoms with van der Waals surface area (Å²) < 4.78 is 179. The van der Waals surface area contributed by atoms with Gasteiger partial charge in [-0.25, -0.2) is 15.0 Å². The van der Waals surface area contributed by atoms with Crippen LogP contribution in [0.5, 0.6) is 0 Å². The molecule has 12 rings (SSSR count). The second kappa shape index (κ2) is 23.6. The van der Waals surface area contributed by atoms with E-state index in [0.29, 0.717) is 39.6 Å². The molecule has 86 heavy (non-hydrogen) atoms. The molecule has 0 aliphatic carbocycles. The third kappa shape index (κ3) is 12.0. The molecule has 0 atom stereocenters. The average molecular weight is 1140 g/mol. The highest BCUT2D eigenvalue weighted by Gasteiger charge is 2.31. The van der Waals surface area contributed by atoms with Gasteiger partial charge >= 0.3 is 0 Å². The third-order valence-electron chi connectivity index (χ3n) is 14.9. The van der Waals surface area contributed by atoms with Crippen LogP contribution in [-0.4, -0.2) is 15.0 Å². The monoisotopic (exact) mass is 1140 g/mol. The molecule has 0 saturated heterocycles. The van der Waals surface area contributed by atoms with Gasteiger partial charge in [-0.3, -0.25) is 0 Å². The van der Waals surface area contributed by atoms with Crippen molar-refractivity contribution in [1.29, 1.82) is 0 Å². The minimum atomic E-state index is -0.738. The first kappa shape index (κ1) is 37.4. The highest BCUT2D eigenvalue weighted by molar-refractivity contribution is 6.00. The third-order valence-corrected chi connectivity index (χ3v) is 14.9. The van der Waals surface area contributed by atoms with Crippen LogP contribution in [0.3, 0.4) is 0 Å². The molecule has 0 aliphatic heterocycles. The van der Waals surface area contributed by atoms with E-state index in [-0.39, 0.29) is 33.8 Å². The Morgan fingerprint density at radius 2 is 0.651 bits per heavy atom. The summed E-state index contributed by atoms with van der Waals surface area (Å²) in [6.07, 6.45) is 0. The fourth-order valence-electron chi connectivity index (χ4n) is 10.3. The molecule has 0 saturated carbocycles. The highest BCUT2D eigenvalue weighted by atomic mass is 15.2. The van der Waals surface area contributed by atoms with Gasteiger partial charge in [-0.15, -0.1) is 0 Å². The second-order valence-corrected chi connectivity index (χ2v) is 23.9. The fraction of sp³-hybridized carbons (Fsp3) is 0.148. The highest BCUT2D eigenvalue weighted by Crippen LogP contribution is 2.52. The fourth-order valence-corrected chi connectivity index (χ4v) is 10.3. The van der Waals surface area contributed by atoms with Crippen molar-refractivity contribution < 1.29 is 27.4 Å². The predicted molar refractivity (Wildman–Crippen MR) is 363 cm³/mol. The SMILES string of the molecule is [2H]c1c([2H])c([2H])c(-c2cccc(N(c3cc(N(c4cccc(-c5c([2H])c([2H])c([2H])c([2H])c5[2H])c4)c4c(-c5ccccc5)cc(C(C)(C)C)cc4-c4ccccc4)cc(C(C)(C)C)c3)c3ccc(C(C)(C)C)cc3-c3nc(-c4c([2H])c([2H])c([2H])c([2H])c4[2H])nc(-c4c([2H])c([2H])c([2H])c([2H])c4[2H])n3)c2)c([2H])c1[2H]. The van der Waals surface area contributed by atoms with Crippen LogP contribution in [0.1, 0.15) is 106 Å². The molecule has 1 aromatic heterocycles. The Bertz CT molecular complexity index is 5310. The molecular formula is C81H73N5. The molecule has 12 aromatic rings. The zero-order valence-corrected chi connectivity index (χ0v) is 49.2. The average Bonchev–Trinajstić information content (AvgIpc) is 0.742. The molecule has 0 unspecified atom stereocenters. The van der Waals surface area contributed by atoms with Crippen molar-refractivity contribution in [1.82, 2.24) is 15.0 Å². The van der Waals surface area contributed by atoms with Gasteiger partial charge in [0.25, 0.3) is 0 Å². The molecule has 0 spiro atoms. The van der Waals surface area contributed by atoms with Crippen LogP contribution in [0.15, 0.2) is 279 Å². The Hall–Kier alpha value is -9.97. The Balaban J connectivity index is 1.28. The molecule has 11 aromatic carbocycles. The van der Waals surface area contributed by atoms with E-state index in [1.54, 1.807) is 48.5 Å². The lowest BCUT2D eigenvalue weighted by Crippen LogP contribution is -2.20. The maximum absolute atomic E-state index is 9.31. The van der Waals surface area contributed by atoms with Gasteiger partial charge in [0.15, 0.2) is 17.5 Å². The Labute approximate surface area is 537 Å². The maximum atomic E-state index is 9.31. The van der Waals surface area contributed by atoms with E-state index >= 15 is 0 Å². The standard InChI is InChI=1S/C81H73N5/c1-79(2,3)64-46-47-74(73(52-64)78-83-76(60-38-24-14-25-39-60)82-77(84-78)61-40-26-15-27-41-61)85(67-44-28-42-62(48-67)56-30-16-10-17-31-56)69-50-65(80(4,5)6)51-70(55-69)86(68-45-29-43-63(49-68)57-32-18-11-19-33-57)75-71(58-34-20-12-21-35-58)53-66(81(7,8)9)54-72(75)59-36-22-13-23-37-59/h10-55H,1-9H3/i10D,11D,14D,15D,16D,17D,18D,19D,24D,25D,26D,27D,30D,31D,32D,33D,38D,39D,40D,41D. The summed E-state index contributed by atoms with van der Waals surface area (Å²) in [6, 6.07) is 37.2. The first-order chi connectivity index (χ1) is 49.8. The van der Waals surface area contributed by atoms with Crippen molar-refractivity contribution in [3.8, 4) is 78.7 Å². The zero-order valence-electron chi connectivity index (χ0n) is 69.2. The molecule has 0 fully saturated rings. The van der Waals surface area contributed by atoms with E-state index in [0.717, 1.165) is 33.4 Å². The van der Waals surface area contributed by atoms with Crippen molar-refractivity contribution >= 4 is 34.1 Å². The molecule has 422 valence electrons. The van der Waals surface area contributed by atoms with E-state index in [2.05, 4.69) is 48.9 Å². The number of anilines is 6. The van der Waals surface area contributed by atoms with Gasteiger partial charge in [-0.05, 0) is 133 Å². The summed E-state index contributed by atoms with van der Waals surface area (Å²) in [5.74, 6) is -1.28. The molecule has 1 heterocycles. The van der Waals surface area contributed by atoms with Gasteiger partial charge in [0.1, 0.15) is 0 Å². The van der Waals surface area contributed by atoms with Crippen LogP contribution in [0.25, 0.3) is 78.7 Å². The number of rotatable bonds is 13. The van der Waals surface area contributed by atoms with Crippen LogP contribution in [0, 0.1) is 0 Å². The molecule has 0 radical (unpaired) electrons. The lowest BCUT2D eigenvalue weighted by molar-refractivity contribution is 0.590. The lowest BCUT2D eigenvalue weighted by atomic mass is 9.81. The molecule has 0 aliphatic rings. The predicted octanol–water partition coefficient (Wildman–Crippen LogP) is 22.4. The molecular weight excluding hydrogens is 1040 g/mol. The van der Waals surface area contributed by atoms with Gasteiger partial charge in [-0.2, -0.15) is 0 Å². The van der Waals surface area contributed by atoms with E-state index < -0.39 is 160 Å². The topological polar surface area (TPSA) is 45.2 Å². The lowest BCUT2D eigenvalue weighted by Gasteiger charge is -2.35. The first-order valence-corrected chi connectivity index (χ1v) is 28.3. The van der Waals surface area contributed by atoms with Crippen LogP contribution < -0.4 is 9.80 Å². The molecule has 0 N–H and O–H groups in total. The molecule has 5 nitrogen and oxygen atoms in total. The van der Waals surface area contributed by atoms with Crippen LogP contribution >= 0.6 is 0 Å². The summed E-state index contributed by atoms with van der Waals surface area (Å²) in [7, 11) is 0. The minimum absolute atomic E-state index is 0.0363. The zero-order chi connectivity index (χ0) is 77.0. The van der Waals surface area contributed by atoms with Gasteiger partial charge in [-0.1, -0.05) is 274 Å².